The van der Waals surface area contributed by atoms with Gasteiger partial charge in [0, 0.05) is 23.6 Å². The van der Waals surface area contributed by atoms with Crippen molar-refractivity contribution in [3.05, 3.63) is 66.4 Å². The minimum Gasteiger partial charge on any atom is -0.467 e. The Morgan fingerprint density at radius 3 is 2.96 bits per heavy atom. The smallest absolute Gasteiger partial charge is 0.245 e. The fourth-order valence-corrected chi connectivity index (χ4v) is 2.71. The van der Waals surface area contributed by atoms with Crippen molar-refractivity contribution in [1.82, 2.24) is 20.2 Å². The molecule has 0 aliphatic carbocycles. The van der Waals surface area contributed by atoms with E-state index in [1.807, 2.05) is 18.2 Å². The van der Waals surface area contributed by atoms with Crippen molar-refractivity contribution in [3.8, 4) is 0 Å². The molecular weight excluding hydrogens is 316 g/mol. The van der Waals surface area contributed by atoms with Gasteiger partial charge in [0.15, 0.2) is 5.82 Å². The van der Waals surface area contributed by atoms with E-state index in [0.29, 0.717) is 18.3 Å². The van der Waals surface area contributed by atoms with Crippen LogP contribution in [0.15, 0.2) is 59.5 Å². The van der Waals surface area contributed by atoms with Gasteiger partial charge in [0.2, 0.25) is 5.95 Å². The lowest BCUT2D eigenvalue weighted by atomic mass is 10.1. The first-order valence-corrected chi connectivity index (χ1v) is 8.13. The number of anilines is 2. The van der Waals surface area contributed by atoms with Crippen LogP contribution in [0.5, 0.6) is 0 Å². The van der Waals surface area contributed by atoms with Crippen LogP contribution in [-0.2, 0) is 13.0 Å². The second-order valence-corrected chi connectivity index (χ2v) is 5.63. The molecule has 0 bridgehead atoms. The van der Waals surface area contributed by atoms with Gasteiger partial charge in [-0.05, 0) is 30.2 Å². The van der Waals surface area contributed by atoms with Crippen LogP contribution in [0.2, 0.25) is 0 Å². The Morgan fingerprint density at radius 1 is 1.08 bits per heavy atom. The van der Waals surface area contributed by atoms with Crippen LogP contribution in [0.1, 0.15) is 11.3 Å². The van der Waals surface area contributed by atoms with Gasteiger partial charge in [-0.15, -0.1) is 5.10 Å². The van der Waals surface area contributed by atoms with E-state index in [-0.39, 0.29) is 0 Å². The molecule has 0 aliphatic heterocycles. The Labute approximate surface area is 144 Å². The normalized spacial score (nSPS) is 10.9. The second kappa shape index (κ2) is 7.04. The van der Waals surface area contributed by atoms with Gasteiger partial charge in [-0.3, -0.25) is 0 Å². The topological polar surface area (TPSA) is 91.7 Å². The van der Waals surface area contributed by atoms with E-state index in [9.17, 15) is 0 Å². The van der Waals surface area contributed by atoms with Crippen molar-refractivity contribution in [2.45, 2.75) is 13.0 Å². The number of H-pyrrole nitrogens is 1. The van der Waals surface area contributed by atoms with Gasteiger partial charge in [-0.25, -0.2) is 0 Å². The first-order valence-electron chi connectivity index (χ1n) is 8.13. The number of para-hydroxylation sites is 1. The van der Waals surface area contributed by atoms with Crippen molar-refractivity contribution in [3.63, 3.8) is 0 Å². The molecule has 0 radical (unpaired) electrons. The maximum absolute atomic E-state index is 5.27. The highest BCUT2D eigenvalue weighted by molar-refractivity contribution is 5.83. The van der Waals surface area contributed by atoms with Gasteiger partial charge < -0.3 is 20.0 Å². The SMILES string of the molecule is c1coc(CNc2nncc(NCCc3c[nH]c4ccccc34)n2)c1. The Bertz CT molecular complexity index is 947. The number of fused-ring (bicyclic) bond motifs is 1. The van der Waals surface area contributed by atoms with Crippen molar-refractivity contribution >= 4 is 22.7 Å². The molecule has 3 N–H and O–H groups in total. The molecule has 25 heavy (non-hydrogen) atoms. The van der Waals surface area contributed by atoms with Crippen LogP contribution in [0.4, 0.5) is 11.8 Å². The van der Waals surface area contributed by atoms with E-state index < -0.39 is 0 Å². The maximum atomic E-state index is 5.27. The number of nitrogens with zero attached hydrogens (tertiary/aromatic N) is 3. The molecule has 1 aromatic carbocycles. The number of aromatic nitrogens is 4. The number of furan rings is 1. The van der Waals surface area contributed by atoms with Crippen LogP contribution in [0.3, 0.4) is 0 Å². The molecule has 4 rings (SSSR count). The molecule has 0 fully saturated rings. The average molecular weight is 334 g/mol. The van der Waals surface area contributed by atoms with Gasteiger partial charge in [-0.2, -0.15) is 10.1 Å². The van der Waals surface area contributed by atoms with Crippen LogP contribution < -0.4 is 10.6 Å². The predicted molar refractivity (Wildman–Crippen MR) is 96.4 cm³/mol. The number of hydrogen-bond acceptors (Lipinski definition) is 6. The molecule has 3 heterocycles. The highest BCUT2D eigenvalue weighted by Crippen LogP contribution is 2.18. The number of benzene rings is 1. The summed E-state index contributed by atoms with van der Waals surface area (Å²) in [6.45, 7) is 1.28. The van der Waals surface area contributed by atoms with E-state index >= 15 is 0 Å². The lowest BCUT2D eigenvalue weighted by molar-refractivity contribution is 0.517. The third-order valence-corrected chi connectivity index (χ3v) is 3.94. The van der Waals surface area contributed by atoms with Gasteiger partial charge >= 0.3 is 0 Å². The first kappa shape index (κ1) is 15.2. The highest BCUT2D eigenvalue weighted by Gasteiger charge is 2.04. The molecule has 0 saturated carbocycles. The summed E-state index contributed by atoms with van der Waals surface area (Å²) in [6.07, 6.45) is 6.20. The van der Waals surface area contributed by atoms with Crippen LogP contribution >= 0.6 is 0 Å². The van der Waals surface area contributed by atoms with Crippen LogP contribution in [-0.4, -0.2) is 26.7 Å². The summed E-state index contributed by atoms with van der Waals surface area (Å²) in [5.41, 5.74) is 2.44. The predicted octanol–water partition coefficient (Wildman–Crippen LogP) is 3.21. The summed E-state index contributed by atoms with van der Waals surface area (Å²) in [5.74, 6) is 1.98. The zero-order chi connectivity index (χ0) is 16.9. The molecule has 0 spiro atoms. The average Bonchev–Trinajstić information content (AvgIpc) is 3.31. The fraction of sp³-hybridized carbons (Fsp3) is 0.167. The molecule has 4 aromatic rings. The molecule has 7 heteroatoms. The van der Waals surface area contributed by atoms with Crippen molar-refractivity contribution in [1.29, 1.82) is 0 Å². The maximum Gasteiger partial charge on any atom is 0.245 e. The third kappa shape index (κ3) is 3.60. The molecule has 7 nitrogen and oxygen atoms in total. The minimum absolute atomic E-state index is 0.466. The quantitative estimate of drug-likeness (QED) is 0.481. The molecule has 0 saturated heterocycles. The standard InChI is InChI=1S/C18H18N6O/c1-2-6-16-15(5-1)13(10-20-16)7-8-19-17-12-22-24-18(23-17)21-11-14-4-3-9-25-14/h1-6,9-10,12,20H,7-8,11H2,(H2,19,21,23,24). The second-order valence-electron chi connectivity index (χ2n) is 5.63. The molecule has 3 aromatic heterocycles. The van der Waals surface area contributed by atoms with Gasteiger partial charge in [0.05, 0.1) is 19.0 Å². The van der Waals surface area contributed by atoms with Gasteiger partial charge in [0.25, 0.3) is 0 Å². The van der Waals surface area contributed by atoms with E-state index in [1.165, 1.54) is 10.9 Å². The van der Waals surface area contributed by atoms with E-state index in [1.54, 1.807) is 12.5 Å². The number of rotatable bonds is 7. The molecule has 126 valence electrons. The Hall–Kier alpha value is -3.35. The molecular formula is C18H18N6O. The number of nitrogens with one attached hydrogen (secondary N) is 3. The zero-order valence-corrected chi connectivity index (χ0v) is 13.6. The van der Waals surface area contributed by atoms with Crippen LogP contribution in [0.25, 0.3) is 10.9 Å². The molecule has 0 atom stereocenters. The van der Waals surface area contributed by atoms with E-state index in [0.717, 1.165) is 24.2 Å². The third-order valence-electron chi connectivity index (χ3n) is 3.94. The van der Waals surface area contributed by atoms with Crippen molar-refractivity contribution in [2.24, 2.45) is 0 Å². The summed E-state index contributed by atoms with van der Waals surface area (Å²) in [4.78, 5) is 7.70. The summed E-state index contributed by atoms with van der Waals surface area (Å²) in [6, 6.07) is 12.0. The van der Waals surface area contributed by atoms with Crippen molar-refractivity contribution < 1.29 is 4.42 Å². The molecule has 0 amide bonds. The lowest BCUT2D eigenvalue weighted by Crippen LogP contribution is -2.10. The highest BCUT2D eigenvalue weighted by atomic mass is 16.3. The van der Waals surface area contributed by atoms with E-state index in [4.69, 9.17) is 4.42 Å². The van der Waals surface area contributed by atoms with E-state index in [2.05, 4.69) is 55.2 Å². The lowest BCUT2D eigenvalue weighted by Gasteiger charge is -2.06. The fourth-order valence-electron chi connectivity index (χ4n) is 2.71. The summed E-state index contributed by atoms with van der Waals surface area (Å²) < 4.78 is 5.27. The zero-order valence-electron chi connectivity index (χ0n) is 13.6. The summed E-state index contributed by atoms with van der Waals surface area (Å²) in [7, 11) is 0. The first-order chi connectivity index (χ1) is 12.4. The summed E-state index contributed by atoms with van der Waals surface area (Å²) in [5, 5.41) is 15.6. The largest absolute Gasteiger partial charge is 0.467 e. The molecule has 0 aliphatic rings. The van der Waals surface area contributed by atoms with Crippen LogP contribution in [0, 0.1) is 0 Å². The number of hydrogen-bond donors (Lipinski definition) is 3. The Morgan fingerprint density at radius 2 is 2.04 bits per heavy atom. The summed E-state index contributed by atoms with van der Waals surface area (Å²) >= 11 is 0. The van der Waals surface area contributed by atoms with Gasteiger partial charge in [-0.1, -0.05) is 18.2 Å². The Kier molecular flexibility index (Phi) is 4.28. The Balaban J connectivity index is 1.34. The van der Waals surface area contributed by atoms with Crippen molar-refractivity contribution in [2.75, 3.05) is 17.2 Å². The monoisotopic (exact) mass is 334 g/mol. The molecule has 0 unspecified atom stereocenters. The minimum atomic E-state index is 0.466. The number of aromatic amines is 1. The van der Waals surface area contributed by atoms with Gasteiger partial charge in [0.1, 0.15) is 5.76 Å².